The van der Waals surface area contributed by atoms with Crippen molar-refractivity contribution in [2.24, 2.45) is 5.92 Å². The fourth-order valence-electron chi connectivity index (χ4n) is 6.09. The van der Waals surface area contributed by atoms with E-state index >= 15 is 0 Å². The zero-order chi connectivity index (χ0) is 30.8. The summed E-state index contributed by atoms with van der Waals surface area (Å²) in [6.07, 6.45) is -7.25. The van der Waals surface area contributed by atoms with Gasteiger partial charge in [-0.2, -0.15) is 26.3 Å². The quantitative estimate of drug-likeness (QED) is 0.438. The molecule has 228 valence electrons. The van der Waals surface area contributed by atoms with Crippen molar-refractivity contribution in [2.75, 3.05) is 20.1 Å². The van der Waals surface area contributed by atoms with Crippen LogP contribution in [0.25, 0.3) is 0 Å². The van der Waals surface area contributed by atoms with Crippen LogP contribution in [-0.4, -0.2) is 59.7 Å². The van der Waals surface area contributed by atoms with Gasteiger partial charge in [0.25, 0.3) is 5.91 Å². The van der Waals surface area contributed by atoms with Gasteiger partial charge in [-0.25, -0.2) is 0 Å². The molecule has 0 bridgehead atoms. The van der Waals surface area contributed by atoms with Crippen molar-refractivity contribution in [2.45, 2.75) is 69.4 Å². The molecule has 1 aliphatic heterocycles. The van der Waals surface area contributed by atoms with Gasteiger partial charge in [0.2, 0.25) is 11.8 Å². The first-order chi connectivity index (χ1) is 19.6. The monoisotopic (exact) mass is 597 g/mol. The third-order valence-corrected chi connectivity index (χ3v) is 8.25. The molecule has 4 rings (SSSR count). The Morgan fingerprint density at radius 3 is 1.95 bits per heavy atom. The van der Waals surface area contributed by atoms with E-state index in [9.17, 15) is 40.7 Å². The van der Waals surface area contributed by atoms with Crippen molar-refractivity contribution in [1.82, 2.24) is 15.1 Å². The van der Waals surface area contributed by atoms with Crippen LogP contribution in [0.3, 0.4) is 0 Å². The van der Waals surface area contributed by atoms with E-state index in [0.717, 1.165) is 5.56 Å². The smallest absolute Gasteiger partial charge is 0.354 e. The van der Waals surface area contributed by atoms with Crippen molar-refractivity contribution in [1.29, 1.82) is 0 Å². The lowest BCUT2D eigenvalue weighted by molar-refractivity contribution is -0.143. The van der Waals surface area contributed by atoms with Crippen LogP contribution in [0.2, 0.25) is 0 Å². The molecular weight excluding hydrogens is 564 g/mol. The molecule has 2 unspecified atom stereocenters. The summed E-state index contributed by atoms with van der Waals surface area (Å²) in [6.45, 7) is 1.98. The topological polar surface area (TPSA) is 69.7 Å². The predicted molar refractivity (Wildman–Crippen MR) is 142 cm³/mol. The number of rotatable bonds is 5. The molecule has 1 aliphatic carbocycles. The van der Waals surface area contributed by atoms with Crippen LogP contribution in [0.1, 0.15) is 72.0 Å². The van der Waals surface area contributed by atoms with E-state index in [4.69, 9.17) is 0 Å². The van der Waals surface area contributed by atoms with Crippen molar-refractivity contribution >= 4 is 17.7 Å². The minimum atomic E-state index is -5.07. The van der Waals surface area contributed by atoms with Crippen LogP contribution in [0.15, 0.2) is 48.5 Å². The number of likely N-dealkylation sites (tertiary alicyclic amines) is 1. The van der Waals surface area contributed by atoms with Crippen molar-refractivity contribution in [3.63, 3.8) is 0 Å². The lowest BCUT2D eigenvalue weighted by Gasteiger charge is -2.44. The van der Waals surface area contributed by atoms with Crippen molar-refractivity contribution in [3.05, 3.63) is 70.8 Å². The molecule has 3 amide bonds. The molecule has 1 N–H and O–H groups in total. The number of hydrogen-bond acceptors (Lipinski definition) is 3. The number of amides is 3. The number of nitrogens with zero attached hydrogens (tertiary/aromatic N) is 2. The van der Waals surface area contributed by atoms with Gasteiger partial charge in [-0.15, -0.1) is 0 Å². The Morgan fingerprint density at radius 1 is 0.857 bits per heavy atom. The number of hydrogen-bond donors (Lipinski definition) is 1. The molecule has 42 heavy (non-hydrogen) atoms. The Labute approximate surface area is 240 Å². The highest BCUT2D eigenvalue weighted by atomic mass is 19.4. The number of nitrogens with one attached hydrogen (secondary N) is 1. The van der Waals surface area contributed by atoms with Crippen LogP contribution in [0.4, 0.5) is 26.3 Å². The summed E-state index contributed by atoms with van der Waals surface area (Å²) < 4.78 is 80.6. The molecule has 6 nitrogen and oxygen atoms in total. The van der Waals surface area contributed by atoms with Crippen LogP contribution in [0.5, 0.6) is 0 Å². The normalized spacial score (nSPS) is 23.3. The SMILES string of the molecule is CC(=O)N[C@H]1CC[C@H](C(=O)N2CCC(N(C)C(=O)c3cc(C(F)(F)F)cc(C(F)(F)F)c3)C(c3ccccc3)C2)CC1. The highest BCUT2D eigenvalue weighted by Crippen LogP contribution is 2.38. The number of piperidine rings is 1. The minimum Gasteiger partial charge on any atom is -0.354 e. The largest absolute Gasteiger partial charge is 0.416 e. The summed E-state index contributed by atoms with van der Waals surface area (Å²) in [5.41, 5.74) is -3.01. The Kier molecular flexibility index (Phi) is 9.22. The standard InChI is InChI=1S/C30H33F6N3O3/c1-18(40)37-24-10-8-20(9-11-24)28(42)39-13-12-26(25(17-39)19-6-4-3-5-7-19)38(2)27(41)21-14-22(29(31,32)33)16-23(15-21)30(34,35)36/h3-7,14-16,20,24-26H,8-13,17H2,1-2H3,(H,37,40)/t20-,24-,25?,26?. The second-order valence-electron chi connectivity index (χ2n) is 11.1. The summed E-state index contributed by atoms with van der Waals surface area (Å²) in [7, 11) is 1.37. The Balaban J connectivity index is 1.56. The molecule has 2 aromatic carbocycles. The lowest BCUT2D eigenvalue weighted by atomic mass is 9.82. The zero-order valence-electron chi connectivity index (χ0n) is 23.3. The summed E-state index contributed by atoms with van der Waals surface area (Å²) in [4.78, 5) is 41.2. The molecule has 2 aliphatic rings. The van der Waals surface area contributed by atoms with Gasteiger partial charge in [0.05, 0.1) is 11.1 Å². The van der Waals surface area contributed by atoms with Gasteiger partial charge in [0, 0.05) is 56.5 Å². The molecule has 1 saturated carbocycles. The third kappa shape index (κ3) is 7.25. The molecule has 2 atom stereocenters. The van der Waals surface area contributed by atoms with Crippen molar-refractivity contribution in [3.8, 4) is 0 Å². The number of carbonyl (C=O) groups excluding carboxylic acids is 3. The van der Waals surface area contributed by atoms with Gasteiger partial charge < -0.3 is 15.1 Å². The first-order valence-electron chi connectivity index (χ1n) is 13.8. The minimum absolute atomic E-state index is 0.00268. The van der Waals surface area contributed by atoms with E-state index in [2.05, 4.69) is 5.32 Å². The third-order valence-electron chi connectivity index (χ3n) is 8.25. The fraction of sp³-hybridized carbons (Fsp3) is 0.500. The second-order valence-corrected chi connectivity index (χ2v) is 11.1. The molecule has 1 saturated heterocycles. The maximum absolute atomic E-state index is 13.5. The summed E-state index contributed by atoms with van der Waals surface area (Å²) in [5, 5.41) is 2.89. The lowest BCUT2D eigenvalue weighted by Crippen LogP contribution is -2.53. The predicted octanol–water partition coefficient (Wildman–Crippen LogP) is 5.88. The number of alkyl halides is 6. The highest BCUT2D eigenvalue weighted by molar-refractivity contribution is 5.95. The van der Waals surface area contributed by atoms with Gasteiger partial charge in [-0.1, -0.05) is 30.3 Å². The highest BCUT2D eigenvalue weighted by Gasteiger charge is 2.41. The maximum atomic E-state index is 13.5. The van der Waals surface area contributed by atoms with Crippen LogP contribution < -0.4 is 5.32 Å². The van der Waals surface area contributed by atoms with E-state index < -0.39 is 46.9 Å². The van der Waals surface area contributed by atoms with E-state index in [1.165, 1.54) is 18.9 Å². The Morgan fingerprint density at radius 2 is 1.43 bits per heavy atom. The van der Waals surface area contributed by atoms with Crippen LogP contribution in [0, 0.1) is 5.92 Å². The molecule has 0 aromatic heterocycles. The summed E-state index contributed by atoms with van der Waals surface area (Å²) in [6, 6.07) is 9.38. The molecule has 12 heteroatoms. The first kappa shape index (κ1) is 31.4. The van der Waals surface area contributed by atoms with E-state index in [1.54, 1.807) is 23.1 Å². The zero-order valence-corrected chi connectivity index (χ0v) is 23.3. The Bertz CT molecular complexity index is 1260. The number of benzene rings is 2. The summed E-state index contributed by atoms with van der Waals surface area (Å²) >= 11 is 0. The average Bonchev–Trinajstić information content (AvgIpc) is 2.95. The van der Waals surface area contributed by atoms with E-state index in [1.807, 2.05) is 12.1 Å². The van der Waals surface area contributed by atoms with Crippen molar-refractivity contribution < 1.29 is 40.7 Å². The molecule has 2 fully saturated rings. The fourth-order valence-corrected chi connectivity index (χ4v) is 6.09. The second kappa shape index (κ2) is 12.3. The molecular formula is C30H33F6N3O3. The molecule has 0 radical (unpaired) electrons. The maximum Gasteiger partial charge on any atom is 0.416 e. The van der Waals surface area contributed by atoms with E-state index in [-0.39, 0.29) is 42.9 Å². The molecule has 2 aromatic rings. The van der Waals surface area contributed by atoms with Gasteiger partial charge in [0.15, 0.2) is 0 Å². The Hall–Kier alpha value is -3.57. The van der Waals surface area contributed by atoms with Gasteiger partial charge in [0.1, 0.15) is 0 Å². The first-order valence-corrected chi connectivity index (χ1v) is 13.8. The van der Waals surface area contributed by atoms with Gasteiger partial charge in [-0.3, -0.25) is 14.4 Å². The van der Waals surface area contributed by atoms with Crippen LogP contribution >= 0.6 is 0 Å². The molecule has 0 spiro atoms. The van der Waals surface area contributed by atoms with Crippen LogP contribution in [-0.2, 0) is 21.9 Å². The summed E-state index contributed by atoms with van der Waals surface area (Å²) in [5.74, 6) is -1.74. The van der Waals surface area contributed by atoms with Gasteiger partial charge in [-0.05, 0) is 55.9 Å². The molecule has 1 heterocycles. The number of halogens is 6. The van der Waals surface area contributed by atoms with Gasteiger partial charge >= 0.3 is 12.4 Å². The number of likely N-dealkylation sites (N-methyl/N-ethyl adjacent to an activating group) is 1. The number of carbonyl (C=O) groups is 3. The average molecular weight is 598 g/mol. The van der Waals surface area contributed by atoms with E-state index in [0.29, 0.717) is 44.2 Å².